The van der Waals surface area contributed by atoms with Gasteiger partial charge in [0.15, 0.2) is 5.11 Å². The molecular formula is C23H26N2OS2. The van der Waals surface area contributed by atoms with Crippen molar-refractivity contribution in [2.75, 3.05) is 11.9 Å². The number of benzene rings is 2. The highest BCUT2D eigenvalue weighted by molar-refractivity contribution is 7.80. The van der Waals surface area contributed by atoms with E-state index in [1.54, 1.807) is 11.3 Å². The Bertz CT molecular complexity index is 848. The second-order valence-corrected chi connectivity index (χ2v) is 8.05. The first-order valence-corrected chi connectivity index (χ1v) is 10.8. The molecule has 3 nitrogen and oxygen atoms in total. The molecule has 0 aliphatic heterocycles. The standard InChI is InChI=1S/C23H26N2OS2/c1-3-26-21-13-11-20(12-14-21)24-23(27)25(17-19-8-5-4-6-9-19)18(2)16-22-10-7-15-28-22/h4-15,18H,3,16-17H2,1-2H3,(H,24,27)/t18-/m1/s1. The molecule has 3 rings (SSSR count). The molecule has 0 amide bonds. The van der Waals surface area contributed by atoms with E-state index in [9.17, 15) is 0 Å². The van der Waals surface area contributed by atoms with Crippen LogP contribution >= 0.6 is 23.6 Å². The summed E-state index contributed by atoms with van der Waals surface area (Å²) in [5, 5.41) is 6.26. The van der Waals surface area contributed by atoms with Gasteiger partial charge in [0.2, 0.25) is 0 Å². The summed E-state index contributed by atoms with van der Waals surface area (Å²) < 4.78 is 5.52. The van der Waals surface area contributed by atoms with E-state index in [0.717, 1.165) is 29.5 Å². The molecule has 0 spiro atoms. The molecular weight excluding hydrogens is 384 g/mol. The lowest BCUT2D eigenvalue weighted by Gasteiger charge is -2.32. The second kappa shape index (κ2) is 10.2. The fourth-order valence-corrected chi connectivity index (χ4v) is 4.22. The van der Waals surface area contributed by atoms with Crippen LogP contribution in [0.5, 0.6) is 5.75 Å². The zero-order valence-corrected chi connectivity index (χ0v) is 17.9. The molecule has 0 aliphatic carbocycles. The molecule has 0 aliphatic rings. The Morgan fingerprint density at radius 1 is 1.07 bits per heavy atom. The van der Waals surface area contributed by atoms with Crippen molar-refractivity contribution in [2.45, 2.75) is 32.9 Å². The lowest BCUT2D eigenvalue weighted by molar-refractivity contribution is 0.326. The van der Waals surface area contributed by atoms with Gasteiger partial charge < -0.3 is 15.0 Å². The fourth-order valence-electron chi connectivity index (χ4n) is 3.03. The number of nitrogens with one attached hydrogen (secondary N) is 1. The van der Waals surface area contributed by atoms with Gasteiger partial charge in [-0.05, 0) is 67.3 Å². The van der Waals surface area contributed by atoms with Gasteiger partial charge in [-0.25, -0.2) is 0 Å². The average molecular weight is 411 g/mol. The SMILES string of the molecule is CCOc1ccc(NC(=S)N(Cc2ccccc2)[C@H](C)Cc2cccs2)cc1. The Balaban J connectivity index is 1.73. The van der Waals surface area contributed by atoms with Crippen molar-refractivity contribution in [2.24, 2.45) is 0 Å². The monoisotopic (exact) mass is 410 g/mol. The number of ether oxygens (including phenoxy) is 1. The van der Waals surface area contributed by atoms with Gasteiger partial charge in [-0.1, -0.05) is 36.4 Å². The summed E-state index contributed by atoms with van der Waals surface area (Å²) in [6.07, 6.45) is 0.968. The summed E-state index contributed by atoms with van der Waals surface area (Å²) in [6, 6.07) is 23.0. The minimum absolute atomic E-state index is 0.279. The van der Waals surface area contributed by atoms with Crippen LogP contribution in [0, 0.1) is 0 Å². The van der Waals surface area contributed by atoms with Gasteiger partial charge in [0, 0.05) is 29.6 Å². The largest absolute Gasteiger partial charge is 0.494 e. The van der Waals surface area contributed by atoms with Crippen LogP contribution in [0.3, 0.4) is 0 Å². The highest BCUT2D eigenvalue weighted by Crippen LogP contribution is 2.20. The molecule has 5 heteroatoms. The highest BCUT2D eigenvalue weighted by Gasteiger charge is 2.19. The van der Waals surface area contributed by atoms with Crippen molar-refractivity contribution in [1.29, 1.82) is 0 Å². The summed E-state index contributed by atoms with van der Waals surface area (Å²) in [5.74, 6) is 0.867. The summed E-state index contributed by atoms with van der Waals surface area (Å²) in [5.41, 5.74) is 2.21. The third-order valence-electron chi connectivity index (χ3n) is 4.48. The summed E-state index contributed by atoms with van der Waals surface area (Å²) in [6.45, 7) is 5.65. The van der Waals surface area contributed by atoms with Crippen LogP contribution in [0.1, 0.15) is 24.3 Å². The first-order chi connectivity index (χ1) is 13.7. The van der Waals surface area contributed by atoms with E-state index in [1.165, 1.54) is 10.4 Å². The van der Waals surface area contributed by atoms with Gasteiger partial charge in [0.05, 0.1) is 6.61 Å². The summed E-state index contributed by atoms with van der Waals surface area (Å²) in [7, 11) is 0. The van der Waals surface area contributed by atoms with Crippen molar-refractivity contribution >= 4 is 34.4 Å². The molecule has 0 radical (unpaired) electrons. The maximum absolute atomic E-state index is 5.80. The van der Waals surface area contributed by atoms with E-state index < -0.39 is 0 Å². The van der Waals surface area contributed by atoms with Gasteiger partial charge in [-0.15, -0.1) is 11.3 Å². The number of hydrogen-bond donors (Lipinski definition) is 1. The van der Waals surface area contributed by atoms with Crippen LogP contribution in [0.4, 0.5) is 5.69 Å². The molecule has 2 aromatic carbocycles. The summed E-state index contributed by atoms with van der Waals surface area (Å²) >= 11 is 7.59. The van der Waals surface area contributed by atoms with Crippen molar-refractivity contribution in [3.8, 4) is 5.75 Å². The van der Waals surface area contributed by atoms with Gasteiger partial charge in [0.25, 0.3) is 0 Å². The normalized spacial score (nSPS) is 11.6. The first-order valence-electron chi connectivity index (χ1n) is 9.52. The minimum Gasteiger partial charge on any atom is -0.494 e. The third-order valence-corrected chi connectivity index (χ3v) is 5.72. The smallest absolute Gasteiger partial charge is 0.173 e. The molecule has 0 saturated carbocycles. The van der Waals surface area contributed by atoms with Crippen molar-refractivity contribution in [3.63, 3.8) is 0 Å². The highest BCUT2D eigenvalue weighted by atomic mass is 32.1. The van der Waals surface area contributed by atoms with Crippen molar-refractivity contribution in [3.05, 3.63) is 82.6 Å². The average Bonchev–Trinajstić information content (AvgIpc) is 3.21. The second-order valence-electron chi connectivity index (χ2n) is 6.63. The molecule has 1 atom stereocenters. The molecule has 1 N–H and O–H groups in total. The van der Waals surface area contributed by atoms with Crippen molar-refractivity contribution in [1.82, 2.24) is 4.90 Å². The Morgan fingerprint density at radius 2 is 1.82 bits per heavy atom. The first kappa shape index (κ1) is 20.4. The van der Waals surface area contributed by atoms with Gasteiger partial charge in [0.1, 0.15) is 5.75 Å². The van der Waals surface area contributed by atoms with E-state index in [-0.39, 0.29) is 6.04 Å². The summed E-state index contributed by atoms with van der Waals surface area (Å²) in [4.78, 5) is 3.63. The van der Waals surface area contributed by atoms with Gasteiger partial charge >= 0.3 is 0 Å². The molecule has 3 aromatic rings. The molecule has 28 heavy (non-hydrogen) atoms. The van der Waals surface area contributed by atoms with Crippen LogP contribution in [0.2, 0.25) is 0 Å². The topological polar surface area (TPSA) is 24.5 Å². The van der Waals surface area contributed by atoms with Crippen LogP contribution in [-0.2, 0) is 13.0 Å². The number of hydrogen-bond acceptors (Lipinski definition) is 3. The number of thiocarbonyl (C=S) groups is 1. The number of anilines is 1. The molecule has 0 saturated heterocycles. The molecule has 0 fully saturated rings. The van der Waals surface area contributed by atoms with E-state index >= 15 is 0 Å². The van der Waals surface area contributed by atoms with E-state index in [4.69, 9.17) is 17.0 Å². The van der Waals surface area contributed by atoms with Crippen LogP contribution in [0.15, 0.2) is 72.1 Å². The molecule has 146 valence electrons. The maximum Gasteiger partial charge on any atom is 0.173 e. The Morgan fingerprint density at radius 3 is 2.46 bits per heavy atom. The van der Waals surface area contributed by atoms with Crippen molar-refractivity contribution < 1.29 is 4.74 Å². The number of rotatable bonds is 8. The molecule has 0 unspecified atom stereocenters. The zero-order valence-electron chi connectivity index (χ0n) is 16.3. The molecule has 1 heterocycles. The quantitative estimate of drug-likeness (QED) is 0.462. The minimum atomic E-state index is 0.279. The van der Waals surface area contributed by atoms with Crippen LogP contribution in [-0.4, -0.2) is 22.7 Å². The predicted octanol–water partition coefficient (Wildman–Crippen LogP) is 5.98. The lowest BCUT2D eigenvalue weighted by Crippen LogP contribution is -2.41. The van der Waals surface area contributed by atoms with E-state index in [1.807, 2.05) is 37.3 Å². The fraction of sp³-hybridized carbons (Fsp3) is 0.261. The Kier molecular flexibility index (Phi) is 7.46. The number of thiophene rings is 1. The number of nitrogens with zero attached hydrogens (tertiary/aromatic N) is 1. The van der Waals surface area contributed by atoms with Crippen LogP contribution in [0.25, 0.3) is 0 Å². The lowest BCUT2D eigenvalue weighted by atomic mass is 10.1. The van der Waals surface area contributed by atoms with Gasteiger partial charge in [-0.3, -0.25) is 0 Å². The van der Waals surface area contributed by atoms with Gasteiger partial charge in [-0.2, -0.15) is 0 Å². The Hall–Kier alpha value is -2.37. The molecule has 1 aromatic heterocycles. The van der Waals surface area contributed by atoms with Crippen LogP contribution < -0.4 is 10.1 Å². The molecule has 0 bridgehead atoms. The third kappa shape index (κ3) is 5.81. The van der Waals surface area contributed by atoms with E-state index in [2.05, 4.69) is 58.9 Å². The van der Waals surface area contributed by atoms with E-state index in [0.29, 0.717) is 6.61 Å². The Labute approximate surface area is 177 Å². The maximum atomic E-state index is 5.80. The predicted molar refractivity (Wildman–Crippen MR) is 123 cm³/mol. The zero-order chi connectivity index (χ0) is 19.8.